The number of benzene rings is 2. The Hall–Kier alpha value is -3.15. The third-order valence-electron chi connectivity index (χ3n) is 3.13. The molecule has 0 spiro atoms. The van der Waals surface area contributed by atoms with Crippen LogP contribution in [0.25, 0.3) is 0 Å². The summed E-state index contributed by atoms with van der Waals surface area (Å²) >= 11 is 0. The van der Waals surface area contributed by atoms with Crippen molar-refractivity contribution >= 4 is 18.1 Å². The van der Waals surface area contributed by atoms with Gasteiger partial charge in [-0.25, -0.2) is 10.2 Å². The summed E-state index contributed by atoms with van der Waals surface area (Å²) in [6.07, 6.45) is 1.43. The number of ether oxygens (including phenoxy) is 1. The zero-order chi connectivity index (χ0) is 17.5. The fourth-order valence-electron chi connectivity index (χ4n) is 2.09. The van der Waals surface area contributed by atoms with E-state index in [0.29, 0.717) is 11.3 Å². The van der Waals surface area contributed by atoms with E-state index >= 15 is 0 Å². The lowest BCUT2D eigenvalue weighted by atomic mass is 10.1. The van der Waals surface area contributed by atoms with E-state index in [1.54, 1.807) is 12.1 Å². The van der Waals surface area contributed by atoms with Crippen molar-refractivity contribution in [3.05, 3.63) is 64.7 Å². The third kappa shape index (κ3) is 5.24. The number of nitrogens with zero attached hydrogens (tertiary/aromatic N) is 1. The number of aryl methyl sites for hydroxylation is 2. The number of rotatable bonds is 6. The molecule has 0 bridgehead atoms. The minimum atomic E-state index is -0.990. The molecule has 0 saturated heterocycles. The number of carbonyl (C=O) groups is 2. The molecule has 6 nitrogen and oxygen atoms in total. The summed E-state index contributed by atoms with van der Waals surface area (Å²) in [5.74, 6) is -0.737. The zero-order valence-corrected chi connectivity index (χ0v) is 13.4. The lowest BCUT2D eigenvalue weighted by molar-refractivity contribution is -0.123. The lowest BCUT2D eigenvalue weighted by Crippen LogP contribution is -2.24. The highest BCUT2D eigenvalue weighted by Crippen LogP contribution is 2.15. The van der Waals surface area contributed by atoms with Gasteiger partial charge in [0.05, 0.1) is 11.8 Å². The smallest absolute Gasteiger partial charge is 0.335 e. The molecule has 2 aromatic carbocycles. The van der Waals surface area contributed by atoms with Gasteiger partial charge in [0.1, 0.15) is 5.75 Å². The Morgan fingerprint density at radius 1 is 1.12 bits per heavy atom. The molecule has 1 amide bonds. The molecular formula is C18H18N2O4. The maximum absolute atomic E-state index is 11.7. The summed E-state index contributed by atoms with van der Waals surface area (Å²) in [6.45, 7) is 3.78. The average molecular weight is 326 g/mol. The molecule has 0 heterocycles. The maximum atomic E-state index is 11.7. The number of carboxylic acid groups (broad SMARTS) is 1. The highest BCUT2D eigenvalue weighted by atomic mass is 16.5. The number of amides is 1. The van der Waals surface area contributed by atoms with Crippen LogP contribution in [0.15, 0.2) is 47.6 Å². The SMILES string of the molecule is Cc1cc(C)cc(OCC(=O)N/N=C\c2ccc(C(=O)O)cc2)c1. The predicted molar refractivity (Wildman–Crippen MR) is 90.5 cm³/mol. The number of hydrazone groups is 1. The summed E-state index contributed by atoms with van der Waals surface area (Å²) in [7, 11) is 0. The number of aromatic carboxylic acids is 1. The van der Waals surface area contributed by atoms with E-state index < -0.39 is 5.97 Å². The van der Waals surface area contributed by atoms with Crippen LogP contribution in [0.2, 0.25) is 0 Å². The van der Waals surface area contributed by atoms with Gasteiger partial charge < -0.3 is 9.84 Å². The molecule has 0 saturated carbocycles. The van der Waals surface area contributed by atoms with E-state index in [0.717, 1.165) is 11.1 Å². The van der Waals surface area contributed by atoms with Gasteiger partial charge >= 0.3 is 5.97 Å². The molecule has 0 radical (unpaired) electrons. The first kappa shape index (κ1) is 17.2. The van der Waals surface area contributed by atoms with Gasteiger partial charge in [0, 0.05) is 0 Å². The van der Waals surface area contributed by atoms with Crippen molar-refractivity contribution in [2.75, 3.05) is 6.61 Å². The standard InChI is InChI=1S/C18H18N2O4/c1-12-7-13(2)9-16(8-12)24-11-17(21)20-19-10-14-3-5-15(6-4-14)18(22)23/h3-10H,11H2,1-2H3,(H,20,21)(H,22,23)/b19-10-. The molecule has 2 aromatic rings. The van der Waals surface area contributed by atoms with Gasteiger partial charge in [0.25, 0.3) is 5.91 Å². The van der Waals surface area contributed by atoms with Crippen LogP contribution < -0.4 is 10.2 Å². The second-order valence-electron chi connectivity index (χ2n) is 5.33. The number of hydrogen-bond donors (Lipinski definition) is 2. The Morgan fingerprint density at radius 3 is 2.33 bits per heavy atom. The van der Waals surface area contributed by atoms with Crippen molar-refractivity contribution in [2.45, 2.75) is 13.8 Å². The van der Waals surface area contributed by atoms with Crippen molar-refractivity contribution < 1.29 is 19.4 Å². The predicted octanol–water partition coefficient (Wildman–Crippen LogP) is 2.53. The zero-order valence-electron chi connectivity index (χ0n) is 13.4. The largest absolute Gasteiger partial charge is 0.484 e. The molecule has 0 aliphatic heterocycles. The first-order chi connectivity index (χ1) is 11.4. The van der Waals surface area contributed by atoms with Gasteiger partial charge in [-0.3, -0.25) is 4.79 Å². The number of hydrogen-bond acceptors (Lipinski definition) is 4. The van der Waals surface area contributed by atoms with Crippen molar-refractivity contribution in [2.24, 2.45) is 5.10 Å². The number of carboxylic acids is 1. The van der Waals surface area contributed by atoms with E-state index in [1.807, 2.05) is 32.0 Å². The Morgan fingerprint density at radius 2 is 1.75 bits per heavy atom. The van der Waals surface area contributed by atoms with Crippen LogP contribution in [0.4, 0.5) is 0 Å². The van der Waals surface area contributed by atoms with E-state index in [9.17, 15) is 9.59 Å². The normalized spacial score (nSPS) is 10.6. The van der Waals surface area contributed by atoms with Gasteiger partial charge in [-0.2, -0.15) is 5.10 Å². The first-order valence-corrected chi connectivity index (χ1v) is 7.30. The molecule has 24 heavy (non-hydrogen) atoms. The molecule has 0 fully saturated rings. The molecule has 124 valence electrons. The van der Waals surface area contributed by atoms with Gasteiger partial charge in [-0.15, -0.1) is 0 Å². The fourth-order valence-corrected chi connectivity index (χ4v) is 2.09. The van der Waals surface area contributed by atoms with Gasteiger partial charge in [0.2, 0.25) is 0 Å². The van der Waals surface area contributed by atoms with Crippen molar-refractivity contribution in [3.63, 3.8) is 0 Å². The second-order valence-corrected chi connectivity index (χ2v) is 5.33. The minimum Gasteiger partial charge on any atom is -0.484 e. The Bertz CT molecular complexity index is 747. The summed E-state index contributed by atoms with van der Waals surface area (Å²) in [4.78, 5) is 22.4. The number of carbonyl (C=O) groups excluding carboxylic acids is 1. The lowest BCUT2D eigenvalue weighted by Gasteiger charge is -2.07. The molecule has 0 aromatic heterocycles. The summed E-state index contributed by atoms with van der Waals surface area (Å²) in [5, 5.41) is 12.6. The van der Waals surface area contributed by atoms with Crippen LogP contribution in [0, 0.1) is 13.8 Å². The Labute approximate surface area is 139 Å². The molecule has 0 aliphatic carbocycles. The van der Waals surface area contributed by atoms with Gasteiger partial charge in [-0.1, -0.05) is 18.2 Å². The first-order valence-electron chi connectivity index (χ1n) is 7.30. The van der Waals surface area contributed by atoms with Crippen molar-refractivity contribution in [1.29, 1.82) is 0 Å². The molecule has 6 heteroatoms. The van der Waals surface area contributed by atoms with E-state index in [2.05, 4.69) is 10.5 Å². The van der Waals surface area contributed by atoms with Crippen LogP contribution in [0.1, 0.15) is 27.0 Å². The molecule has 2 rings (SSSR count). The number of nitrogens with one attached hydrogen (secondary N) is 1. The van der Waals surface area contributed by atoms with Gasteiger partial charge in [0.15, 0.2) is 6.61 Å². The highest BCUT2D eigenvalue weighted by Gasteiger charge is 2.03. The molecular weight excluding hydrogens is 308 g/mol. The Kier molecular flexibility index (Phi) is 5.68. The molecule has 0 aliphatic rings. The van der Waals surface area contributed by atoms with Crippen molar-refractivity contribution in [3.8, 4) is 5.75 Å². The van der Waals surface area contributed by atoms with Crippen LogP contribution >= 0.6 is 0 Å². The molecule has 0 unspecified atom stereocenters. The van der Waals surface area contributed by atoms with Crippen LogP contribution in [0.3, 0.4) is 0 Å². The molecule has 0 atom stereocenters. The topological polar surface area (TPSA) is 88.0 Å². The summed E-state index contributed by atoms with van der Waals surface area (Å²) < 4.78 is 5.42. The average Bonchev–Trinajstić information content (AvgIpc) is 2.52. The third-order valence-corrected chi connectivity index (χ3v) is 3.13. The molecule has 2 N–H and O–H groups in total. The summed E-state index contributed by atoms with van der Waals surface area (Å²) in [5.41, 5.74) is 5.35. The van der Waals surface area contributed by atoms with E-state index in [1.165, 1.54) is 18.3 Å². The van der Waals surface area contributed by atoms with Crippen LogP contribution in [-0.4, -0.2) is 29.8 Å². The van der Waals surface area contributed by atoms with Crippen LogP contribution in [-0.2, 0) is 4.79 Å². The van der Waals surface area contributed by atoms with Crippen LogP contribution in [0.5, 0.6) is 5.75 Å². The highest BCUT2D eigenvalue weighted by molar-refractivity contribution is 5.89. The second kappa shape index (κ2) is 7.92. The van der Waals surface area contributed by atoms with E-state index in [-0.39, 0.29) is 18.1 Å². The fraction of sp³-hybridized carbons (Fsp3) is 0.167. The van der Waals surface area contributed by atoms with Gasteiger partial charge in [-0.05, 0) is 54.8 Å². The monoisotopic (exact) mass is 326 g/mol. The Balaban J connectivity index is 1.83. The van der Waals surface area contributed by atoms with E-state index in [4.69, 9.17) is 9.84 Å². The summed E-state index contributed by atoms with van der Waals surface area (Å²) in [6, 6.07) is 11.9. The maximum Gasteiger partial charge on any atom is 0.335 e. The minimum absolute atomic E-state index is 0.141. The van der Waals surface area contributed by atoms with Crippen molar-refractivity contribution in [1.82, 2.24) is 5.43 Å². The quantitative estimate of drug-likeness (QED) is 0.631.